The minimum atomic E-state index is -3.56. The number of rotatable bonds is 3. The van der Waals surface area contributed by atoms with Gasteiger partial charge in [0.1, 0.15) is 6.61 Å². The third-order valence-electron chi connectivity index (χ3n) is 3.48. The number of hydrogen-bond acceptors (Lipinski definition) is 4. The van der Waals surface area contributed by atoms with E-state index in [0.29, 0.717) is 5.57 Å². The van der Waals surface area contributed by atoms with Crippen LogP contribution >= 0.6 is 0 Å². The molecule has 1 heterocycles. The lowest BCUT2D eigenvalue weighted by Crippen LogP contribution is -1.98. The molecular weight excluding hydrogens is 300 g/mol. The Kier molecular flexibility index (Phi) is 3.27. The molecule has 0 atom stereocenters. The van der Waals surface area contributed by atoms with Gasteiger partial charge in [-0.1, -0.05) is 42.5 Å². The van der Waals surface area contributed by atoms with E-state index in [4.69, 9.17) is 6.11 Å². The highest BCUT2D eigenvalue weighted by molar-refractivity contribution is 7.90. The van der Waals surface area contributed by atoms with Gasteiger partial charge in [-0.05, 0) is 23.3 Å². The minimum absolute atomic E-state index is 0.100. The van der Waals surface area contributed by atoms with Crippen LogP contribution in [0.15, 0.2) is 59.5 Å². The molecule has 0 amide bonds. The number of esters is 1. The first-order chi connectivity index (χ1) is 11.0. The molecule has 1 aliphatic rings. The molecule has 0 unspecified atom stereocenters. The molecule has 4 nitrogen and oxygen atoms in total. The van der Waals surface area contributed by atoms with E-state index in [1.165, 1.54) is 12.1 Å². The van der Waals surface area contributed by atoms with Crippen molar-refractivity contribution in [2.24, 2.45) is 0 Å². The Labute approximate surface area is 130 Å². The van der Waals surface area contributed by atoms with Crippen LogP contribution in [0.1, 0.15) is 12.5 Å². The molecule has 0 fully saturated rings. The summed E-state index contributed by atoms with van der Waals surface area (Å²) in [7, 11) is -3.56. The van der Waals surface area contributed by atoms with Crippen molar-refractivity contribution >= 4 is 27.0 Å². The minimum Gasteiger partial charge on any atom is -0.457 e. The third kappa shape index (κ3) is 2.67. The van der Waals surface area contributed by atoms with E-state index in [-0.39, 0.29) is 17.5 Å². The molecule has 2 aromatic carbocycles. The van der Waals surface area contributed by atoms with Crippen LogP contribution < -0.4 is 0 Å². The molecule has 0 bridgehead atoms. The van der Waals surface area contributed by atoms with Gasteiger partial charge in [-0.15, -0.1) is 0 Å². The van der Waals surface area contributed by atoms with Gasteiger partial charge in [-0.2, -0.15) is 0 Å². The molecule has 0 aliphatic carbocycles. The van der Waals surface area contributed by atoms with E-state index in [2.05, 4.69) is 0 Å². The molecule has 2 aromatic rings. The average Bonchev–Trinajstić information content (AvgIpc) is 2.97. The van der Waals surface area contributed by atoms with Crippen LogP contribution in [-0.2, 0) is 19.4 Å². The van der Waals surface area contributed by atoms with Crippen molar-refractivity contribution < 1.29 is 19.3 Å². The van der Waals surface area contributed by atoms with Gasteiger partial charge < -0.3 is 4.74 Å². The second kappa shape index (κ2) is 5.42. The van der Waals surface area contributed by atoms with E-state index in [9.17, 15) is 13.2 Å². The molecule has 0 saturated heterocycles. The summed E-state index contributed by atoms with van der Waals surface area (Å²) in [4.78, 5) is 12.1. The van der Waals surface area contributed by atoms with Crippen molar-refractivity contribution in [1.82, 2.24) is 0 Å². The Hall–Kier alpha value is -2.40. The average molecular weight is 316 g/mol. The van der Waals surface area contributed by atoms with Crippen LogP contribution in [0.25, 0.3) is 11.1 Å². The lowest BCUT2D eigenvalue weighted by atomic mass is 9.97. The van der Waals surface area contributed by atoms with Crippen molar-refractivity contribution in [2.45, 2.75) is 4.90 Å². The smallest absolute Gasteiger partial charge is 0.339 e. The topological polar surface area (TPSA) is 60.4 Å². The highest BCUT2D eigenvalue weighted by Gasteiger charge is 2.27. The first-order valence-corrected chi connectivity index (χ1v) is 8.26. The van der Waals surface area contributed by atoms with E-state index in [1.54, 1.807) is 12.1 Å². The van der Waals surface area contributed by atoms with Crippen molar-refractivity contribution in [1.29, 1.82) is 0 Å². The summed E-state index contributed by atoms with van der Waals surface area (Å²) in [6.45, 7) is 0.160. The van der Waals surface area contributed by atoms with Gasteiger partial charge in [-0.3, -0.25) is 0 Å². The number of cyclic esters (lactones) is 1. The molecule has 5 heteroatoms. The molecule has 3 rings (SSSR count). The van der Waals surface area contributed by atoms with Crippen LogP contribution in [0.4, 0.5) is 0 Å². The fourth-order valence-corrected chi connectivity index (χ4v) is 2.94. The fourth-order valence-electron chi connectivity index (χ4n) is 2.39. The number of ether oxygens (including phenoxy) is 1. The molecular formula is C17H14O4S. The largest absolute Gasteiger partial charge is 0.457 e. The van der Waals surface area contributed by atoms with Gasteiger partial charge in [0.2, 0.25) is 0 Å². The highest BCUT2D eigenvalue weighted by atomic mass is 32.2. The molecule has 22 heavy (non-hydrogen) atoms. The van der Waals surface area contributed by atoms with Gasteiger partial charge in [0.05, 0.1) is 10.5 Å². The summed E-state index contributed by atoms with van der Waals surface area (Å²) in [5, 5.41) is 0. The number of benzene rings is 2. The lowest BCUT2D eigenvalue weighted by Gasteiger charge is -2.05. The Morgan fingerprint density at radius 3 is 2.32 bits per heavy atom. The predicted molar refractivity (Wildman–Crippen MR) is 83.8 cm³/mol. The normalized spacial score (nSPS) is 15.6. The monoisotopic (exact) mass is 316 g/mol. The van der Waals surface area contributed by atoms with Crippen molar-refractivity contribution in [3.8, 4) is 0 Å². The summed E-state index contributed by atoms with van der Waals surface area (Å²) < 4.78 is 35.6. The zero-order valence-electron chi connectivity index (χ0n) is 12.7. The van der Waals surface area contributed by atoms with Gasteiger partial charge >= 0.3 is 5.97 Å². The second-order valence-corrected chi connectivity index (χ2v) is 6.64. The highest BCUT2D eigenvalue weighted by Crippen LogP contribution is 2.33. The molecule has 112 valence electrons. The Morgan fingerprint density at radius 2 is 1.68 bits per heavy atom. The first kappa shape index (κ1) is 13.3. The van der Waals surface area contributed by atoms with E-state index < -0.39 is 16.1 Å². The van der Waals surface area contributed by atoms with Gasteiger partial charge in [-0.25, -0.2) is 13.2 Å². The molecule has 0 N–H and O–H groups in total. The molecule has 1 aliphatic heterocycles. The molecule has 0 spiro atoms. The summed E-state index contributed by atoms with van der Waals surface area (Å²) in [5.74, 6) is -0.381. The molecule has 0 saturated carbocycles. The van der Waals surface area contributed by atoms with Crippen molar-refractivity contribution in [3.05, 3.63) is 65.7 Å². The maximum absolute atomic E-state index is 12.0. The van der Waals surface area contributed by atoms with Crippen LogP contribution in [-0.4, -0.2) is 27.2 Å². The Balaban J connectivity index is 2.06. The third-order valence-corrected chi connectivity index (χ3v) is 4.47. The second-order valence-electron chi connectivity index (χ2n) is 4.93. The van der Waals surface area contributed by atoms with Crippen molar-refractivity contribution in [2.75, 3.05) is 12.8 Å². The van der Waals surface area contributed by atoms with Gasteiger partial charge in [0.15, 0.2) is 9.84 Å². The zero-order chi connectivity index (χ0) is 16.4. The molecule has 0 aromatic heterocycles. The van der Waals surface area contributed by atoms with Crippen LogP contribution in [0.5, 0.6) is 0 Å². The van der Waals surface area contributed by atoms with Crippen molar-refractivity contribution in [3.63, 3.8) is 0 Å². The zero-order valence-corrected chi connectivity index (χ0v) is 12.5. The van der Waals surface area contributed by atoms with Gasteiger partial charge in [0.25, 0.3) is 0 Å². The Morgan fingerprint density at radius 1 is 1.00 bits per heavy atom. The summed E-state index contributed by atoms with van der Waals surface area (Å²) in [6.07, 6.45) is -0.689. The summed E-state index contributed by atoms with van der Waals surface area (Å²) in [6, 6.07) is 15.4. The first-order valence-electron chi connectivity index (χ1n) is 7.32. The molecule has 0 radical (unpaired) electrons. The van der Waals surface area contributed by atoms with E-state index in [0.717, 1.165) is 16.7 Å². The number of hydrogen-bond donors (Lipinski definition) is 0. The van der Waals surface area contributed by atoms with E-state index >= 15 is 0 Å². The van der Waals surface area contributed by atoms with Crippen LogP contribution in [0.3, 0.4) is 0 Å². The predicted octanol–water partition coefficient (Wildman–Crippen LogP) is 2.56. The maximum Gasteiger partial charge on any atom is 0.339 e. The fraction of sp³-hybridized carbons (Fsp3) is 0.118. The maximum atomic E-state index is 12.0. The number of carbonyl (C=O) groups is 1. The SMILES string of the molecule is [3H]CS(=O)(=O)c1ccc(C2=C(c3ccccc3)C(=O)OC2)cc1. The number of carbonyl (C=O) groups excluding carboxylic acids is 1. The quantitative estimate of drug-likeness (QED) is 0.817. The lowest BCUT2D eigenvalue weighted by molar-refractivity contribution is -0.133. The van der Waals surface area contributed by atoms with Gasteiger partial charge in [0, 0.05) is 13.2 Å². The Bertz CT molecular complexity index is 869. The van der Waals surface area contributed by atoms with E-state index in [1.807, 2.05) is 30.3 Å². The number of sulfone groups is 1. The van der Waals surface area contributed by atoms with Crippen LogP contribution in [0, 0.1) is 0 Å². The summed E-state index contributed by atoms with van der Waals surface area (Å²) in [5.41, 5.74) is 2.74. The summed E-state index contributed by atoms with van der Waals surface area (Å²) >= 11 is 0. The van der Waals surface area contributed by atoms with Crippen LogP contribution in [0.2, 0.25) is 0 Å². The standard InChI is InChI=1S/C17H14O4S/c1-22(19,20)14-9-7-12(8-10-14)15-11-21-17(18)16(15)13-5-3-2-4-6-13/h2-10H,11H2,1H3/i1T.